The van der Waals surface area contributed by atoms with Crippen LogP contribution in [0, 0.1) is 5.41 Å². The molecule has 0 amide bonds. The summed E-state index contributed by atoms with van der Waals surface area (Å²) in [7, 11) is 0. The second-order valence-corrected chi connectivity index (χ2v) is 6.90. The molecular formula is C15H28N2O4. The Hall–Kier alpha value is -1.59. The molecule has 6 nitrogen and oxygen atoms in total. The van der Waals surface area contributed by atoms with E-state index in [1.54, 1.807) is 27.7 Å². The van der Waals surface area contributed by atoms with Crippen LogP contribution < -0.4 is 5.43 Å². The Morgan fingerprint density at radius 3 is 2.05 bits per heavy atom. The molecule has 0 aliphatic carbocycles. The topological polar surface area (TPSA) is 77.0 Å². The standard InChI is InChI=1S/C15H28N2O4/c1-8-20-12(18)11(13(19)21-15(5,6)7)17-16-10-9-14(2,3)4/h16H,8-10H2,1-7H3/b17-11+. The highest BCUT2D eigenvalue weighted by Crippen LogP contribution is 2.16. The van der Waals surface area contributed by atoms with E-state index in [0.29, 0.717) is 6.54 Å². The largest absolute Gasteiger partial charge is 0.461 e. The molecule has 0 atom stereocenters. The fraction of sp³-hybridized carbons (Fsp3) is 0.800. The molecular weight excluding hydrogens is 272 g/mol. The van der Waals surface area contributed by atoms with Crippen molar-refractivity contribution in [3.05, 3.63) is 0 Å². The van der Waals surface area contributed by atoms with Gasteiger partial charge in [0.25, 0.3) is 5.71 Å². The number of hydrazone groups is 1. The van der Waals surface area contributed by atoms with Crippen molar-refractivity contribution in [2.24, 2.45) is 10.5 Å². The molecule has 0 radical (unpaired) electrons. The summed E-state index contributed by atoms with van der Waals surface area (Å²) in [6, 6.07) is 0. The fourth-order valence-corrected chi connectivity index (χ4v) is 1.27. The van der Waals surface area contributed by atoms with Crippen LogP contribution in [0.5, 0.6) is 0 Å². The van der Waals surface area contributed by atoms with Crippen LogP contribution in [0.2, 0.25) is 0 Å². The van der Waals surface area contributed by atoms with E-state index in [1.165, 1.54) is 0 Å². The maximum Gasteiger partial charge on any atom is 0.366 e. The van der Waals surface area contributed by atoms with Gasteiger partial charge in [0.1, 0.15) is 5.60 Å². The van der Waals surface area contributed by atoms with Gasteiger partial charge in [0, 0.05) is 6.54 Å². The first-order chi connectivity index (χ1) is 9.46. The normalized spacial score (nSPS) is 12.8. The number of carbonyl (C=O) groups excluding carboxylic acids is 2. The van der Waals surface area contributed by atoms with Crippen molar-refractivity contribution in [2.45, 2.75) is 60.5 Å². The third kappa shape index (κ3) is 9.87. The van der Waals surface area contributed by atoms with Gasteiger partial charge >= 0.3 is 11.9 Å². The van der Waals surface area contributed by atoms with E-state index in [0.717, 1.165) is 6.42 Å². The smallest absolute Gasteiger partial charge is 0.366 e. The zero-order valence-electron chi connectivity index (χ0n) is 14.2. The van der Waals surface area contributed by atoms with Gasteiger partial charge in [-0.05, 0) is 39.5 Å². The molecule has 0 rings (SSSR count). The minimum atomic E-state index is -0.788. The molecule has 0 fully saturated rings. The molecule has 0 aromatic heterocycles. The Kier molecular flexibility index (Phi) is 7.39. The van der Waals surface area contributed by atoms with E-state index in [9.17, 15) is 9.59 Å². The second-order valence-electron chi connectivity index (χ2n) is 6.90. The zero-order valence-corrected chi connectivity index (χ0v) is 14.2. The minimum Gasteiger partial charge on any atom is -0.461 e. The Labute approximate surface area is 127 Å². The van der Waals surface area contributed by atoms with Gasteiger partial charge in [0.2, 0.25) is 0 Å². The van der Waals surface area contributed by atoms with E-state index in [4.69, 9.17) is 9.47 Å². The van der Waals surface area contributed by atoms with Crippen LogP contribution in [0.1, 0.15) is 54.9 Å². The van der Waals surface area contributed by atoms with Crippen LogP contribution in [0.25, 0.3) is 0 Å². The van der Waals surface area contributed by atoms with Crippen LogP contribution in [0.3, 0.4) is 0 Å². The maximum absolute atomic E-state index is 12.0. The van der Waals surface area contributed by atoms with Crippen LogP contribution >= 0.6 is 0 Å². The summed E-state index contributed by atoms with van der Waals surface area (Å²) in [4.78, 5) is 23.7. The molecule has 0 unspecified atom stereocenters. The SMILES string of the molecule is CCOC(=O)/C(=N\NCCC(C)(C)C)C(=O)OC(C)(C)C. The van der Waals surface area contributed by atoms with Gasteiger partial charge in [-0.3, -0.25) is 0 Å². The highest BCUT2D eigenvalue weighted by Gasteiger charge is 2.28. The van der Waals surface area contributed by atoms with E-state index in [-0.39, 0.29) is 17.7 Å². The van der Waals surface area contributed by atoms with Crippen molar-refractivity contribution in [3.63, 3.8) is 0 Å². The van der Waals surface area contributed by atoms with Gasteiger partial charge in [-0.1, -0.05) is 20.8 Å². The first-order valence-electron chi connectivity index (χ1n) is 7.17. The summed E-state index contributed by atoms with van der Waals surface area (Å²) in [5.41, 5.74) is 1.81. The predicted octanol–water partition coefficient (Wildman–Crippen LogP) is 2.27. The summed E-state index contributed by atoms with van der Waals surface area (Å²) in [5, 5.41) is 3.85. The number of hydrogen-bond donors (Lipinski definition) is 1. The molecule has 1 N–H and O–H groups in total. The minimum absolute atomic E-state index is 0.137. The number of esters is 2. The van der Waals surface area contributed by atoms with Crippen LogP contribution in [-0.4, -0.2) is 36.4 Å². The summed E-state index contributed by atoms with van der Waals surface area (Å²) in [5.74, 6) is -1.57. The fourth-order valence-electron chi connectivity index (χ4n) is 1.27. The van der Waals surface area contributed by atoms with Crippen molar-refractivity contribution in [1.29, 1.82) is 0 Å². The summed E-state index contributed by atoms with van der Waals surface area (Å²) in [6.07, 6.45) is 0.848. The predicted molar refractivity (Wildman–Crippen MR) is 82.0 cm³/mol. The van der Waals surface area contributed by atoms with Crippen molar-refractivity contribution in [3.8, 4) is 0 Å². The lowest BCUT2D eigenvalue weighted by molar-refractivity contribution is -0.148. The van der Waals surface area contributed by atoms with Gasteiger partial charge in [-0.25, -0.2) is 9.59 Å². The first-order valence-corrected chi connectivity index (χ1v) is 7.17. The molecule has 0 aromatic carbocycles. The van der Waals surface area contributed by atoms with Crippen LogP contribution in [-0.2, 0) is 19.1 Å². The van der Waals surface area contributed by atoms with E-state index in [2.05, 4.69) is 31.3 Å². The number of hydrogen-bond acceptors (Lipinski definition) is 6. The molecule has 0 aromatic rings. The lowest BCUT2D eigenvalue weighted by atomic mass is 9.93. The second kappa shape index (κ2) is 8.00. The Bertz CT molecular complexity index is 389. The maximum atomic E-state index is 12.0. The van der Waals surface area contributed by atoms with E-state index >= 15 is 0 Å². The average molecular weight is 300 g/mol. The number of nitrogens with zero attached hydrogens (tertiary/aromatic N) is 1. The molecule has 0 spiro atoms. The third-order valence-electron chi connectivity index (χ3n) is 2.24. The molecule has 6 heteroatoms. The third-order valence-corrected chi connectivity index (χ3v) is 2.24. The summed E-state index contributed by atoms with van der Waals surface area (Å²) >= 11 is 0. The summed E-state index contributed by atoms with van der Waals surface area (Å²) < 4.78 is 9.98. The number of ether oxygens (including phenoxy) is 2. The number of rotatable bonds is 6. The van der Waals surface area contributed by atoms with Crippen molar-refractivity contribution in [1.82, 2.24) is 5.43 Å². The van der Waals surface area contributed by atoms with Gasteiger partial charge < -0.3 is 14.9 Å². The lowest BCUT2D eigenvalue weighted by Gasteiger charge is -2.20. The van der Waals surface area contributed by atoms with Crippen molar-refractivity contribution < 1.29 is 19.1 Å². The highest BCUT2D eigenvalue weighted by molar-refractivity contribution is 6.62. The average Bonchev–Trinajstić information content (AvgIpc) is 2.24. The number of carbonyl (C=O) groups is 2. The molecule has 0 aliphatic rings. The molecule has 0 aliphatic heterocycles. The van der Waals surface area contributed by atoms with Gasteiger partial charge in [-0.15, -0.1) is 0 Å². The Balaban J connectivity index is 4.81. The monoisotopic (exact) mass is 300 g/mol. The quantitative estimate of drug-likeness (QED) is 0.268. The molecule has 0 heterocycles. The highest BCUT2D eigenvalue weighted by atomic mass is 16.6. The van der Waals surface area contributed by atoms with Gasteiger partial charge in [0.05, 0.1) is 6.61 Å². The van der Waals surface area contributed by atoms with E-state index < -0.39 is 17.5 Å². The molecule has 0 bridgehead atoms. The summed E-state index contributed by atoms with van der Waals surface area (Å²) in [6.45, 7) is 13.8. The van der Waals surface area contributed by atoms with Gasteiger partial charge in [-0.2, -0.15) is 5.10 Å². The lowest BCUT2D eigenvalue weighted by Crippen LogP contribution is -2.35. The van der Waals surface area contributed by atoms with Crippen LogP contribution in [0.4, 0.5) is 0 Å². The zero-order chi connectivity index (χ0) is 16.7. The first kappa shape index (κ1) is 19.4. The van der Waals surface area contributed by atoms with Crippen molar-refractivity contribution in [2.75, 3.05) is 13.2 Å². The Morgan fingerprint density at radius 2 is 1.62 bits per heavy atom. The van der Waals surface area contributed by atoms with Crippen molar-refractivity contribution >= 4 is 17.7 Å². The molecule has 122 valence electrons. The molecule has 0 saturated carbocycles. The van der Waals surface area contributed by atoms with E-state index in [1.807, 2.05) is 0 Å². The molecule has 21 heavy (non-hydrogen) atoms. The number of nitrogens with one attached hydrogen (secondary N) is 1. The van der Waals surface area contributed by atoms with Gasteiger partial charge in [0.15, 0.2) is 0 Å². The van der Waals surface area contributed by atoms with Crippen LogP contribution in [0.15, 0.2) is 5.10 Å². The molecule has 0 saturated heterocycles. The Morgan fingerprint density at radius 1 is 1.05 bits per heavy atom.